The minimum Gasteiger partial charge on any atom is -0.143 e. The summed E-state index contributed by atoms with van der Waals surface area (Å²) in [6.07, 6.45) is 1.19. The van der Waals surface area contributed by atoms with Gasteiger partial charge in [0.05, 0.1) is 4.83 Å². The fourth-order valence-electron chi connectivity index (χ4n) is 2.60. The molecule has 2 unspecified atom stereocenters. The molecule has 0 aliphatic carbocycles. The zero-order chi connectivity index (χ0) is 14.8. The normalized spacial score (nSPS) is 14.2. The van der Waals surface area contributed by atoms with Gasteiger partial charge in [-0.15, -0.1) is 11.3 Å². The largest absolute Gasteiger partial charge is 0.143 e. The third kappa shape index (κ3) is 2.93. The quantitative estimate of drug-likeness (QED) is 0.445. The molecule has 0 fully saturated rings. The summed E-state index contributed by atoms with van der Waals surface area (Å²) in [6, 6.07) is 17.7. The molecule has 21 heavy (non-hydrogen) atoms. The zero-order valence-corrected chi connectivity index (χ0v) is 14.7. The third-order valence-electron chi connectivity index (χ3n) is 4.19. The molecule has 108 valence electrons. The van der Waals surface area contributed by atoms with Crippen molar-refractivity contribution in [2.45, 2.75) is 31.0 Å². The van der Waals surface area contributed by atoms with Gasteiger partial charge in [-0.2, -0.15) is 0 Å². The Balaban J connectivity index is 1.93. The van der Waals surface area contributed by atoms with Crippen LogP contribution in [0.5, 0.6) is 0 Å². The van der Waals surface area contributed by atoms with Crippen LogP contribution >= 0.6 is 27.3 Å². The van der Waals surface area contributed by atoms with Crippen LogP contribution in [0, 0.1) is 0 Å². The van der Waals surface area contributed by atoms with E-state index in [1.165, 1.54) is 33.2 Å². The molecule has 3 rings (SSSR count). The van der Waals surface area contributed by atoms with Crippen LogP contribution in [0.3, 0.4) is 0 Å². The van der Waals surface area contributed by atoms with Crippen molar-refractivity contribution in [2.75, 3.05) is 0 Å². The molecule has 1 aromatic heterocycles. The summed E-state index contributed by atoms with van der Waals surface area (Å²) >= 11 is 5.70. The van der Waals surface area contributed by atoms with Gasteiger partial charge in [0.25, 0.3) is 0 Å². The lowest BCUT2D eigenvalue weighted by molar-refractivity contribution is 0.733. The number of fused-ring (bicyclic) bond motifs is 1. The zero-order valence-electron chi connectivity index (χ0n) is 12.3. The van der Waals surface area contributed by atoms with Gasteiger partial charge in [0.1, 0.15) is 0 Å². The van der Waals surface area contributed by atoms with Crippen molar-refractivity contribution in [3.63, 3.8) is 0 Å². The highest BCUT2D eigenvalue weighted by atomic mass is 79.9. The maximum atomic E-state index is 3.88. The smallest absolute Gasteiger partial charge is 0.0658 e. The molecule has 0 N–H and O–H groups in total. The first-order valence-electron chi connectivity index (χ1n) is 7.40. The second kappa shape index (κ2) is 6.33. The number of hydrogen-bond acceptors (Lipinski definition) is 1. The van der Waals surface area contributed by atoms with Crippen molar-refractivity contribution < 1.29 is 0 Å². The van der Waals surface area contributed by atoms with E-state index in [2.05, 4.69) is 83.7 Å². The maximum absolute atomic E-state index is 3.88. The molecule has 0 aliphatic rings. The molecule has 0 saturated carbocycles. The minimum atomic E-state index is 0.264. The highest BCUT2D eigenvalue weighted by molar-refractivity contribution is 9.09. The Hall–Kier alpha value is -1.12. The van der Waals surface area contributed by atoms with Gasteiger partial charge in [-0.3, -0.25) is 0 Å². The molecule has 0 nitrogen and oxygen atoms in total. The molecule has 2 heteroatoms. The maximum Gasteiger partial charge on any atom is 0.0658 e. The fraction of sp³-hybridized carbons (Fsp3) is 0.263. The van der Waals surface area contributed by atoms with Crippen molar-refractivity contribution in [1.82, 2.24) is 0 Å². The first kappa shape index (κ1) is 14.8. The van der Waals surface area contributed by atoms with Gasteiger partial charge in [0, 0.05) is 4.70 Å². The number of hydrogen-bond donors (Lipinski definition) is 0. The molecule has 2 atom stereocenters. The molecule has 0 bridgehead atoms. The van der Waals surface area contributed by atoms with E-state index in [-0.39, 0.29) is 4.83 Å². The lowest BCUT2D eigenvalue weighted by Gasteiger charge is -2.13. The van der Waals surface area contributed by atoms with E-state index in [0.717, 1.165) is 0 Å². The van der Waals surface area contributed by atoms with E-state index in [4.69, 9.17) is 0 Å². The first-order valence-corrected chi connectivity index (χ1v) is 9.20. The summed E-state index contributed by atoms with van der Waals surface area (Å²) in [5.41, 5.74) is 4.12. The van der Waals surface area contributed by atoms with Crippen molar-refractivity contribution in [3.05, 3.63) is 70.6 Å². The molecule has 0 aliphatic heterocycles. The summed E-state index contributed by atoms with van der Waals surface area (Å²) in [5, 5.41) is 3.63. The van der Waals surface area contributed by atoms with E-state index in [0.29, 0.717) is 5.92 Å². The standard InChI is InChI=1S/C19H19BrS/c1-3-13(2)14-8-10-15(11-9-14)19(20)17-12-21-18-7-5-4-6-16(17)18/h4-13,19H,3H2,1-2H3. The third-order valence-corrected chi connectivity index (χ3v) is 6.20. The summed E-state index contributed by atoms with van der Waals surface area (Å²) in [4.78, 5) is 0.264. The van der Waals surface area contributed by atoms with Crippen molar-refractivity contribution in [2.24, 2.45) is 0 Å². The van der Waals surface area contributed by atoms with Crippen LogP contribution in [-0.2, 0) is 0 Å². The Labute approximate surface area is 139 Å². The first-order chi connectivity index (χ1) is 10.2. The van der Waals surface area contributed by atoms with Gasteiger partial charge in [0.15, 0.2) is 0 Å². The van der Waals surface area contributed by atoms with Crippen LogP contribution < -0.4 is 0 Å². The van der Waals surface area contributed by atoms with E-state index in [1.807, 2.05) is 11.3 Å². The number of rotatable bonds is 4. The Kier molecular flexibility index (Phi) is 4.46. The number of thiophene rings is 1. The summed E-state index contributed by atoms with van der Waals surface area (Å²) in [7, 11) is 0. The van der Waals surface area contributed by atoms with Crippen molar-refractivity contribution in [3.8, 4) is 0 Å². The molecule has 0 saturated heterocycles. The average molecular weight is 359 g/mol. The van der Waals surface area contributed by atoms with E-state index >= 15 is 0 Å². The van der Waals surface area contributed by atoms with E-state index in [9.17, 15) is 0 Å². The number of benzene rings is 2. The second-order valence-corrected chi connectivity index (χ2v) is 7.35. The second-order valence-electron chi connectivity index (χ2n) is 5.53. The summed E-state index contributed by atoms with van der Waals surface area (Å²) in [5.74, 6) is 0.634. The molecule has 0 radical (unpaired) electrons. The predicted molar refractivity (Wildman–Crippen MR) is 97.7 cm³/mol. The molecular formula is C19H19BrS. The van der Waals surface area contributed by atoms with Gasteiger partial charge in [-0.1, -0.05) is 72.2 Å². The van der Waals surface area contributed by atoms with Crippen molar-refractivity contribution in [1.29, 1.82) is 0 Å². The van der Waals surface area contributed by atoms with Gasteiger partial charge < -0.3 is 0 Å². The minimum absolute atomic E-state index is 0.264. The number of halogens is 1. The van der Waals surface area contributed by atoms with Gasteiger partial charge in [-0.05, 0) is 45.9 Å². The predicted octanol–water partition coefficient (Wildman–Crippen LogP) is 6.90. The molecule has 0 spiro atoms. The molecule has 0 amide bonds. The summed E-state index contributed by atoms with van der Waals surface area (Å²) in [6.45, 7) is 4.52. The monoisotopic (exact) mass is 358 g/mol. The SMILES string of the molecule is CCC(C)c1ccc(C(Br)c2csc3ccccc23)cc1. The molecular weight excluding hydrogens is 340 g/mol. The van der Waals surface area contributed by atoms with Crippen molar-refractivity contribution >= 4 is 37.4 Å². The highest BCUT2D eigenvalue weighted by Gasteiger charge is 2.15. The summed E-state index contributed by atoms with van der Waals surface area (Å²) < 4.78 is 1.35. The van der Waals surface area contributed by atoms with Crippen LogP contribution in [0.2, 0.25) is 0 Å². The molecule has 1 heterocycles. The Bertz CT molecular complexity index is 727. The fourth-order valence-corrected chi connectivity index (χ4v) is 4.45. The van der Waals surface area contributed by atoms with Crippen LogP contribution in [0.1, 0.15) is 47.7 Å². The molecule has 2 aromatic carbocycles. The Morgan fingerprint density at radius 2 is 1.67 bits per heavy atom. The topological polar surface area (TPSA) is 0 Å². The van der Waals surface area contributed by atoms with Gasteiger partial charge in [0.2, 0.25) is 0 Å². The van der Waals surface area contributed by atoms with Crippen LogP contribution in [-0.4, -0.2) is 0 Å². The lowest BCUT2D eigenvalue weighted by atomic mass is 9.96. The van der Waals surface area contributed by atoms with Crippen LogP contribution in [0.25, 0.3) is 10.1 Å². The molecule has 3 aromatic rings. The highest BCUT2D eigenvalue weighted by Crippen LogP contribution is 2.38. The lowest BCUT2D eigenvalue weighted by Crippen LogP contribution is -1.95. The number of alkyl halides is 1. The van der Waals surface area contributed by atoms with Gasteiger partial charge >= 0.3 is 0 Å². The van der Waals surface area contributed by atoms with Gasteiger partial charge in [-0.25, -0.2) is 0 Å². The Morgan fingerprint density at radius 3 is 2.38 bits per heavy atom. The van der Waals surface area contributed by atoms with Crippen LogP contribution in [0.4, 0.5) is 0 Å². The van der Waals surface area contributed by atoms with E-state index in [1.54, 1.807) is 0 Å². The van der Waals surface area contributed by atoms with E-state index < -0.39 is 0 Å². The Morgan fingerprint density at radius 1 is 1.00 bits per heavy atom. The van der Waals surface area contributed by atoms with Crippen LogP contribution in [0.15, 0.2) is 53.9 Å². The average Bonchev–Trinajstić information content (AvgIpc) is 2.97.